The minimum atomic E-state index is -0.131. The highest BCUT2D eigenvalue weighted by Crippen LogP contribution is 2.22. The van der Waals surface area contributed by atoms with Gasteiger partial charge in [0.05, 0.1) is 12.6 Å². The number of halogens is 1. The van der Waals surface area contributed by atoms with Gasteiger partial charge in [-0.2, -0.15) is 0 Å². The molecule has 0 aliphatic heterocycles. The predicted octanol–water partition coefficient (Wildman–Crippen LogP) is 3.16. The fourth-order valence-electron chi connectivity index (χ4n) is 3.07. The summed E-state index contributed by atoms with van der Waals surface area (Å²) in [5.41, 5.74) is 2.31. The van der Waals surface area contributed by atoms with Gasteiger partial charge in [-0.05, 0) is 57.6 Å². The van der Waals surface area contributed by atoms with Crippen molar-refractivity contribution < 1.29 is 9.84 Å². The number of ether oxygens (including phenoxy) is 1. The maximum atomic E-state index is 9.60. The standard InChI is InChI=1S/C19H31N3O2.HI/c1-4-20-19(22-16-8-10-17(23)11-9-16)21-12-13-24-18-14(2)6-5-7-15(18)3;/h5-7,16-17,23H,4,8-13H2,1-3H3,(H2,20,21,22);1H. The maximum absolute atomic E-state index is 9.60. The average molecular weight is 461 g/mol. The Morgan fingerprint density at radius 1 is 1.20 bits per heavy atom. The van der Waals surface area contributed by atoms with Crippen LogP contribution >= 0.6 is 24.0 Å². The van der Waals surface area contributed by atoms with E-state index in [0.717, 1.165) is 55.1 Å². The molecule has 1 aliphatic carbocycles. The molecule has 0 amide bonds. The third-order valence-electron chi connectivity index (χ3n) is 4.40. The van der Waals surface area contributed by atoms with Gasteiger partial charge in [0, 0.05) is 12.6 Å². The van der Waals surface area contributed by atoms with Crippen LogP contribution in [-0.2, 0) is 0 Å². The minimum Gasteiger partial charge on any atom is -0.491 e. The number of nitrogens with zero attached hydrogens (tertiary/aromatic N) is 1. The molecular formula is C19H32IN3O2. The van der Waals surface area contributed by atoms with Gasteiger partial charge >= 0.3 is 0 Å². The number of guanidine groups is 1. The fourth-order valence-corrected chi connectivity index (χ4v) is 3.07. The highest BCUT2D eigenvalue weighted by molar-refractivity contribution is 14.0. The number of para-hydroxylation sites is 1. The summed E-state index contributed by atoms with van der Waals surface area (Å²) < 4.78 is 5.90. The summed E-state index contributed by atoms with van der Waals surface area (Å²) in [4.78, 5) is 4.61. The number of aryl methyl sites for hydroxylation is 2. The summed E-state index contributed by atoms with van der Waals surface area (Å²) in [7, 11) is 0. The molecule has 2 rings (SSSR count). The molecule has 0 unspecified atom stereocenters. The van der Waals surface area contributed by atoms with E-state index in [0.29, 0.717) is 19.2 Å². The number of nitrogens with one attached hydrogen (secondary N) is 2. The van der Waals surface area contributed by atoms with Crippen molar-refractivity contribution >= 4 is 29.9 Å². The Kier molecular flexibility index (Phi) is 10.2. The summed E-state index contributed by atoms with van der Waals surface area (Å²) >= 11 is 0. The highest BCUT2D eigenvalue weighted by atomic mass is 127. The molecule has 0 heterocycles. The number of aliphatic hydroxyl groups excluding tert-OH is 1. The summed E-state index contributed by atoms with van der Waals surface area (Å²) in [6.07, 6.45) is 3.59. The van der Waals surface area contributed by atoms with E-state index in [-0.39, 0.29) is 30.1 Å². The van der Waals surface area contributed by atoms with Crippen molar-refractivity contribution in [3.8, 4) is 5.75 Å². The molecule has 1 fully saturated rings. The normalized spacial score (nSPS) is 20.6. The zero-order chi connectivity index (χ0) is 17.4. The first kappa shape index (κ1) is 22.0. The van der Waals surface area contributed by atoms with Gasteiger partial charge in [-0.25, -0.2) is 4.99 Å². The van der Waals surface area contributed by atoms with E-state index < -0.39 is 0 Å². The van der Waals surface area contributed by atoms with Crippen molar-refractivity contribution in [2.75, 3.05) is 19.7 Å². The molecule has 0 saturated heterocycles. The first-order valence-corrected chi connectivity index (χ1v) is 9.02. The van der Waals surface area contributed by atoms with Crippen LogP contribution in [0.5, 0.6) is 5.75 Å². The summed E-state index contributed by atoms with van der Waals surface area (Å²) in [5, 5.41) is 16.4. The minimum absolute atomic E-state index is 0. The Hall–Kier alpha value is -1.02. The van der Waals surface area contributed by atoms with E-state index in [1.165, 1.54) is 0 Å². The summed E-state index contributed by atoms with van der Waals surface area (Å²) in [6, 6.07) is 6.57. The van der Waals surface area contributed by atoms with E-state index >= 15 is 0 Å². The Morgan fingerprint density at radius 3 is 2.44 bits per heavy atom. The zero-order valence-corrected chi connectivity index (χ0v) is 17.9. The molecule has 0 atom stereocenters. The van der Waals surface area contributed by atoms with Crippen LogP contribution < -0.4 is 15.4 Å². The molecule has 0 aromatic heterocycles. The molecule has 0 spiro atoms. The first-order valence-electron chi connectivity index (χ1n) is 9.02. The van der Waals surface area contributed by atoms with Gasteiger partial charge in [0.15, 0.2) is 5.96 Å². The topological polar surface area (TPSA) is 65.9 Å². The molecule has 0 radical (unpaired) electrons. The van der Waals surface area contributed by atoms with Gasteiger partial charge in [-0.1, -0.05) is 18.2 Å². The van der Waals surface area contributed by atoms with E-state index in [1.807, 2.05) is 6.07 Å². The average Bonchev–Trinajstić information content (AvgIpc) is 2.56. The van der Waals surface area contributed by atoms with Crippen molar-refractivity contribution in [3.05, 3.63) is 29.3 Å². The first-order chi connectivity index (χ1) is 11.6. The van der Waals surface area contributed by atoms with Crippen molar-refractivity contribution in [3.63, 3.8) is 0 Å². The van der Waals surface area contributed by atoms with Crippen LogP contribution in [0.25, 0.3) is 0 Å². The molecule has 1 aliphatic rings. The molecular weight excluding hydrogens is 429 g/mol. The van der Waals surface area contributed by atoms with Crippen molar-refractivity contribution in [2.45, 2.75) is 58.6 Å². The monoisotopic (exact) mass is 461 g/mol. The molecule has 5 nitrogen and oxygen atoms in total. The lowest BCUT2D eigenvalue weighted by Gasteiger charge is -2.27. The smallest absolute Gasteiger partial charge is 0.191 e. The molecule has 3 N–H and O–H groups in total. The Balaban J connectivity index is 0.00000312. The van der Waals surface area contributed by atoms with Crippen LogP contribution in [-0.4, -0.2) is 42.9 Å². The molecule has 6 heteroatoms. The van der Waals surface area contributed by atoms with E-state index in [4.69, 9.17) is 4.74 Å². The van der Waals surface area contributed by atoms with Crippen molar-refractivity contribution in [1.29, 1.82) is 0 Å². The van der Waals surface area contributed by atoms with Gasteiger partial charge in [0.1, 0.15) is 12.4 Å². The van der Waals surface area contributed by atoms with Crippen LogP contribution in [0.15, 0.2) is 23.2 Å². The van der Waals surface area contributed by atoms with Crippen LogP contribution in [0.2, 0.25) is 0 Å². The Morgan fingerprint density at radius 2 is 1.84 bits per heavy atom. The SMILES string of the molecule is CCNC(=NCCOc1c(C)cccc1C)NC1CCC(O)CC1.I. The third kappa shape index (κ3) is 7.40. The third-order valence-corrected chi connectivity index (χ3v) is 4.40. The second kappa shape index (κ2) is 11.6. The molecule has 25 heavy (non-hydrogen) atoms. The Labute approximate surface area is 168 Å². The fraction of sp³-hybridized carbons (Fsp3) is 0.632. The molecule has 1 saturated carbocycles. The largest absolute Gasteiger partial charge is 0.491 e. The van der Waals surface area contributed by atoms with Crippen LogP contribution in [0.1, 0.15) is 43.7 Å². The quantitative estimate of drug-likeness (QED) is 0.264. The molecule has 1 aromatic rings. The summed E-state index contributed by atoms with van der Waals surface area (Å²) in [6.45, 7) is 8.20. The number of rotatable bonds is 6. The van der Waals surface area contributed by atoms with Gasteiger partial charge in [0.2, 0.25) is 0 Å². The van der Waals surface area contributed by atoms with Gasteiger partial charge in [-0.15, -0.1) is 24.0 Å². The predicted molar refractivity (Wildman–Crippen MR) is 114 cm³/mol. The number of hydrogen-bond donors (Lipinski definition) is 3. The van der Waals surface area contributed by atoms with Crippen LogP contribution in [0.4, 0.5) is 0 Å². The summed E-state index contributed by atoms with van der Waals surface area (Å²) in [5.74, 6) is 1.80. The number of hydrogen-bond acceptors (Lipinski definition) is 3. The van der Waals surface area contributed by atoms with E-state index in [1.54, 1.807) is 0 Å². The number of aliphatic hydroxyl groups is 1. The number of benzene rings is 1. The lowest BCUT2D eigenvalue weighted by atomic mass is 9.93. The zero-order valence-electron chi connectivity index (χ0n) is 15.5. The van der Waals surface area contributed by atoms with Gasteiger partial charge < -0.3 is 20.5 Å². The lowest BCUT2D eigenvalue weighted by Crippen LogP contribution is -2.45. The van der Waals surface area contributed by atoms with E-state index in [9.17, 15) is 5.11 Å². The molecule has 1 aromatic carbocycles. The number of aliphatic imine (C=N–C) groups is 1. The second-order valence-corrected chi connectivity index (χ2v) is 6.48. The van der Waals surface area contributed by atoms with Crippen LogP contribution in [0, 0.1) is 13.8 Å². The second-order valence-electron chi connectivity index (χ2n) is 6.48. The lowest BCUT2D eigenvalue weighted by molar-refractivity contribution is 0.120. The molecule has 0 bridgehead atoms. The van der Waals surface area contributed by atoms with Gasteiger partial charge in [0.25, 0.3) is 0 Å². The molecule has 142 valence electrons. The maximum Gasteiger partial charge on any atom is 0.191 e. The van der Waals surface area contributed by atoms with Crippen molar-refractivity contribution in [1.82, 2.24) is 10.6 Å². The van der Waals surface area contributed by atoms with Gasteiger partial charge in [-0.3, -0.25) is 0 Å². The highest BCUT2D eigenvalue weighted by Gasteiger charge is 2.19. The van der Waals surface area contributed by atoms with Crippen LogP contribution in [0.3, 0.4) is 0 Å². The van der Waals surface area contributed by atoms with E-state index in [2.05, 4.69) is 48.5 Å². The Bertz CT molecular complexity index is 523. The van der Waals surface area contributed by atoms with Crippen molar-refractivity contribution in [2.24, 2.45) is 4.99 Å².